The molecule has 114 valence electrons. The molecule has 0 radical (unpaired) electrons. The number of carbonyl (C=O) groups excluding carboxylic acids is 1. The quantitative estimate of drug-likeness (QED) is 0.795. The van der Waals surface area contributed by atoms with E-state index < -0.39 is 12.1 Å². The van der Waals surface area contributed by atoms with E-state index in [1.54, 1.807) is 29.4 Å². The third-order valence-electron chi connectivity index (χ3n) is 3.69. The number of rotatable bonds is 2. The number of aliphatic imine (C=N–C) groups is 1. The first-order valence-corrected chi connectivity index (χ1v) is 7.53. The van der Waals surface area contributed by atoms with Gasteiger partial charge in [0.05, 0.1) is 5.69 Å². The van der Waals surface area contributed by atoms with E-state index in [-0.39, 0.29) is 5.97 Å². The number of halogens is 1. The van der Waals surface area contributed by atoms with Crippen LogP contribution in [0.5, 0.6) is 0 Å². The van der Waals surface area contributed by atoms with Gasteiger partial charge in [-0.3, -0.25) is 4.79 Å². The highest BCUT2D eigenvalue weighted by molar-refractivity contribution is 6.30. The summed E-state index contributed by atoms with van der Waals surface area (Å²) < 4.78 is 5.42. The Hall–Kier alpha value is -2.66. The first kappa shape index (κ1) is 14.0. The van der Waals surface area contributed by atoms with Gasteiger partial charge in [0.1, 0.15) is 5.84 Å². The molecule has 2 aliphatic rings. The Labute approximate surface area is 137 Å². The van der Waals surface area contributed by atoms with Crippen molar-refractivity contribution in [3.63, 3.8) is 0 Å². The van der Waals surface area contributed by atoms with E-state index in [9.17, 15) is 4.79 Å². The number of para-hydroxylation sites is 1. The number of carbonyl (C=O) groups is 1. The molecule has 0 saturated carbocycles. The molecule has 0 bridgehead atoms. The molecular weight excluding hydrogens is 314 g/mol. The molecule has 0 amide bonds. The van der Waals surface area contributed by atoms with Crippen LogP contribution in [0.15, 0.2) is 64.7 Å². The number of hydrogen-bond donors (Lipinski definition) is 0. The lowest BCUT2D eigenvalue weighted by molar-refractivity contribution is -0.150. The summed E-state index contributed by atoms with van der Waals surface area (Å²) in [6, 6.07) is 16.7. The second kappa shape index (κ2) is 5.52. The van der Waals surface area contributed by atoms with E-state index in [0.29, 0.717) is 10.9 Å². The Morgan fingerprint density at radius 1 is 1.09 bits per heavy atom. The number of cyclic esters (lactones) is 1. The molecule has 23 heavy (non-hydrogen) atoms. The molecule has 0 spiro atoms. The minimum atomic E-state index is -0.708. The molecule has 0 fully saturated rings. The second-order valence-corrected chi connectivity index (χ2v) is 5.66. The van der Waals surface area contributed by atoms with Crippen molar-refractivity contribution < 1.29 is 9.53 Å². The second-order valence-electron chi connectivity index (χ2n) is 5.22. The summed E-state index contributed by atoms with van der Waals surface area (Å²) in [4.78, 5) is 16.8. The van der Waals surface area contributed by atoms with Crippen molar-refractivity contribution >= 4 is 35.3 Å². The average molecular weight is 326 g/mol. The minimum absolute atomic E-state index is 0.359. The zero-order valence-electron chi connectivity index (χ0n) is 12.0. The van der Waals surface area contributed by atoms with Crippen LogP contribution in [0.1, 0.15) is 11.8 Å². The van der Waals surface area contributed by atoms with Crippen LogP contribution >= 0.6 is 11.6 Å². The molecule has 2 aromatic rings. The number of ether oxygens (including phenoxy) is 1. The molecule has 2 unspecified atom stereocenters. The number of anilines is 1. The fourth-order valence-electron chi connectivity index (χ4n) is 2.59. The molecule has 0 aromatic heterocycles. The van der Waals surface area contributed by atoms with E-state index in [2.05, 4.69) is 10.1 Å². The molecule has 2 heterocycles. The van der Waals surface area contributed by atoms with Gasteiger partial charge in [-0.1, -0.05) is 41.9 Å². The molecule has 6 heteroatoms. The van der Waals surface area contributed by atoms with Gasteiger partial charge in [0.25, 0.3) is 0 Å². The normalized spacial score (nSPS) is 22.6. The van der Waals surface area contributed by atoms with Crippen LogP contribution in [-0.2, 0) is 9.53 Å². The number of amidine groups is 1. The van der Waals surface area contributed by atoms with E-state index in [1.165, 1.54) is 0 Å². The average Bonchev–Trinajstić information content (AvgIpc) is 3.00. The van der Waals surface area contributed by atoms with Crippen molar-refractivity contribution in [2.75, 3.05) is 5.01 Å². The maximum absolute atomic E-state index is 12.3. The number of hydrazone groups is 1. The lowest BCUT2D eigenvalue weighted by Gasteiger charge is -2.26. The lowest BCUT2D eigenvalue weighted by Crippen LogP contribution is -2.37. The summed E-state index contributed by atoms with van der Waals surface area (Å²) in [5, 5.41) is 6.54. The topological polar surface area (TPSA) is 54.3 Å². The number of nitrogens with zero attached hydrogens (tertiary/aromatic N) is 3. The highest BCUT2D eigenvalue weighted by atomic mass is 35.5. The summed E-state index contributed by atoms with van der Waals surface area (Å²) >= 11 is 6.01. The van der Waals surface area contributed by atoms with Crippen molar-refractivity contribution in [3.05, 3.63) is 65.2 Å². The zero-order valence-corrected chi connectivity index (χ0v) is 12.7. The molecule has 2 aromatic carbocycles. The third kappa shape index (κ3) is 2.49. The predicted molar refractivity (Wildman–Crippen MR) is 88.6 cm³/mol. The zero-order chi connectivity index (χ0) is 15.8. The van der Waals surface area contributed by atoms with Crippen LogP contribution in [0, 0.1) is 5.92 Å². The van der Waals surface area contributed by atoms with Crippen LogP contribution in [0.25, 0.3) is 0 Å². The third-order valence-corrected chi connectivity index (χ3v) is 3.93. The number of fused-ring (bicyclic) bond motifs is 1. The van der Waals surface area contributed by atoms with Gasteiger partial charge in [-0.2, -0.15) is 5.10 Å². The summed E-state index contributed by atoms with van der Waals surface area (Å²) in [5.41, 5.74) is 1.58. The Morgan fingerprint density at radius 3 is 2.70 bits per heavy atom. The SMILES string of the molecule is O=C1OC(c2cccc(Cl)c2)N=C2C1C=NN2c1ccccc1. The monoisotopic (exact) mass is 325 g/mol. The maximum atomic E-state index is 12.3. The van der Waals surface area contributed by atoms with Crippen molar-refractivity contribution in [1.29, 1.82) is 0 Å². The summed E-state index contributed by atoms with van der Waals surface area (Å²) in [6.07, 6.45) is 0.850. The van der Waals surface area contributed by atoms with Crippen LogP contribution in [0.3, 0.4) is 0 Å². The van der Waals surface area contributed by atoms with Gasteiger partial charge in [-0.25, -0.2) is 10.0 Å². The Kier molecular flexibility index (Phi) is 3.35. The summed E-state index contributed by atoms with van der Waals surface area (Å²) in [7, 11) is 0. The van der Waals surface area contributed by atoms with Gasteiger partial charge in [-0.05, 0) is 24.3 Å². The molecule has 0 saturated heterocycles. The Morgan fingerprint density at radius 2 is 1.91 bits per heavy atom. The van der Waals surface area contributed by atoms with Gasteiger partial charge in [0.15, 0.2) is 5.92 Å². The highest BCUT2D eigenvalue weighted by Crippen LogP contribution is 2.32. The fourth-order valence-corrected chi connectivity index (χ4v) is 2.79. The van der Waals surface area contributed by atoms with Gasteiger partial charge < -0.3 is 4.74 Å². The van der Waals surface area contributed by atoms with Crippen LogP contribution in [0.2, 0.25) is 5.02 Å². The molecule has 4 rings (SSSR count). The fraction of sp³-hybridized carbons (Fsp3) is 0.118. The first-order valence-electron chi connectivity index (χ1n) is 7.15. The van der Waals surface area contributed by atoms with Crippen molar-refractivity contribution in [3.8, 4) is 0 Å². The van der Waals surface area contributed by atoms with Gasteiger partial charge in [-0.15, -0.1) is 0 Å². The van der Waals surface area contributed by atoms with E-state index in [4.69, 9.17) is 16.3 Å². The van der Waals surface area contributed by atoms with Crippen LogP contribution < -0.4 is 5.01 Å². The largest absolute Gasteiger partial charge is 0.434 e. The van der Waals surface area contributed by atoms with Crippen molar-refractivity contribution in [2.24, 2.45) is 16.0 Å². The van der Waals surface area contributed by atoms with E-state index >= 15 is 0 Å². The Balaban J connectivity index is 1.73. The molecule has 2 aliphatic heterocycles. The Bertz CT molecular complexity index is 820. The molecule has 0 aliphatic carbocycles. The maximum Gasteiger partial charge on any atom is 0.324 e. The summed E-state index contributed by atoms with van der Waals surface area (Å²) in [5.74, 6) is -0.356. The first-order chi connectivity index (χ1) is 11.2. The molecular formula is C17H12ClN3O2. The molecule has 2 atom stereocenters. The standard InChI is InChI=1S/C17H12ClN3O2/c18-12-6-4-5-11(9-12)16-20-15-14(17(22)23-16)10-19-21(15)13-7-2-1-3-8-13/h1-10,14,16H. The number of hydrogen-bond acceptors (Lipinski definition) is 5. The van der Waals surface area contributed by atoms with Crippen LogP contribution in [-0.4, -0.2) is 18.0 Å². The van der Waals surface area contributed by atoms with Crippen molar-refractivity contribution in [1.82, 2.24) is 0 Å². The highest BCUT2D eigenvalue weighted by Gasteiger charge is 2.40. The van der Waals surface area contributed by atoms with Gasteiger partial charge >= 0.3 is 5.97 Å². The van der Waals surface area contributed by atoms with E-state index in [0.717, 1.165) is 11.3 Å². The van der Waals surface area contributed by atoms with Crippen molar-refractivity contribution in [2.45, 2.75) is 6.23 Å². The molecule has 0 N–H and O–H groups in total. The minimum Gasteiger partial charge on any atom is -0.434 e. The number of esters is 1. The van der Waals surface area contributed by atoms with Gasteiger partial charge in [0.2, 0.25) is 6.23 Å². The smallest absolute Gasteiger partial charge is 0.324 e. The number of benzene rings is 2. The summed E-state index contributed by atoms with van der Waals surface area (Å²) in [6.45, 7) is 0. The predicted octanol–water partition coefficient (Wildman–Crippen LogP) is 3.42. The molecule has 5 nitrogen and oxygen atoms in total. The van der Waals surface area contributed by atoms with Crippen LogP contribution in [0.4, 0.5) is 5.69 Å². The van der Waals surface area contributed by atoms with E-state index in [1.807, 2.05) is 36.4 Å². The lowest BCUT2D eigenvalue weighted by atomic mass is 10.1. The van der Waals surface area contributed by atoms with Gasteiger partial charge in [0, 0.05) is 16.8 Å².